The fourth-order valence-corrected chi connectivity index (χ4v) is 4.42. The van der Waals surface area contributed by atoms with Crippen molar-refractivity contribution in [3.63, 3.8) is 0 Å². The smallest absolute Gasteiger partial charge is 0.300 e. The van der Waals surface area contributed by atoms with E-state index in [9.17, 15) is 14.7 Å². The van der Waals surface area contributed by atoms with E-state index in [1.807, 2.05) is 32.9 Å². The first-order chi connectivity index (χ1) is 17.4. The molecule has 0 aromatic heterocycles. The minimum absolute atomic E-state index is 0.00345. The number of nitrogens with zero attached hydrogens (tertiary/aromatic N) is 1. The standard InChI is InChI=1S/C29H29NO6/c1-5-35-22-11-7-9-19(16-22)26-25(27(31)24-14-13-21(34-4)15-18(24)3)28(32)29(33)30(26)20-10-8-12-23(17-20)36-6-2/h7-17,26,31H,5-6H2,1-4H3/b27-25+. The lowest BCUT2D eigenvalue weighted by Crippen LogP contribution is -2.29. The van der Waals surface area contributed by atoms with Gasteiger partial charge in [0, 0.05) is 17.3 Å². The van der Waals surface area contributed by atoms with Gasteiger partial charge in [0.1, 0.15) is 23.0 Å². The lowest BCUT2D eigenvalue weighted by molar-refractivity contribution is -0.132. The van der Waals surface area contributed by atoms with Gasteiger partial charge in [-0.1, -0.05) is 18.2 Å². The van der Waals surface area contributed by atoms with Crippen molar-refractivity contribution in [2.45, 2.75) is 26.8 Å². The van der Waals surface area contributed by atoms with E-state index in [0.717, 1.165) is 0 Å². The number of methoxy groups -OCH3 is 1. The first kappa shape index (κ1) is 24.9. The molecule has 1 N–H and O–H groups in total. The third kappa shape index (κ3) is 4.64. The molecule has 1 aliphatic heterocycles. The molecule has 3 aromatic carbocycles. The highest BCUT2D eigenvalue weighted by Crippen LogP contribution is 2.44. The number of aryl methyl sites for hydroxylation is 1. The van der Waals surface area contributed by atoms with Crippen molar-refractivity contribution in [3.05, 3.63) is 89.0 Å². The number of ether oxygens (including phenoxy) is 3. The zero-order valence-electron chi connectivity index (χ0n) is 20.8. The van der Waals surface area contributed by atoms with Gasteiger partial charge in [0.05, 0.1) is 31.9 Å². The molecule has 186 valence electrons. The van der Waals surface area contributed by atoms with Crippen molar-refractivity contribution in [2.75, 3.05) is 25.2 Å². The second-order valence-corrected chi connectivity index (χ2v) is 8.29. The van der Waals surface area contributed by atoms with Crippen LogP contribution in [0.25, 0.3) is 5.76 Å². The Morgan fingerprint density at radius 3 is 2.19 bits per heavy atom. The Hall–Kier alpha value is -4.26. The molecule has 1 fully saturated rings. The van der Waals surface area contributed by atoms with E-state index in [1.165, 1.54) is 4.90 Å². The predicted octanol–water partition coefficient (Wildman–Crippen LogP) is 5.43. The van der Waals surface area contributed by atoms with Gasteiger partial charge in [-0.2, -0.15) is 0 Å². The molecular formula is C29H29NO6. The summed E-state index contributed by atoms with van der Waals surface area (Å²) in [6, 6.07) is 18.5. The van der Waals surface area contributed by atoms with Crippen molar-refractivity contribution >= 4 is 23.1 Å². The van der Waals surface area contributed by atoms with Gasteiger partial charge in [-0.05, 0) is 74.4 Å². The lowest BCUT2D eigenvalue weighted by atomic mass is 9.93. The van der Waals surface area contributed by atoms with Gasteiger partial charge >= 0.3 is 0 Å². The second kappa shape index (κ2) is 10.6. The molecule has 0 saturated carbocycles. The Kier molecular flexibility index (Phi) is 7.29. The third-order valence-corrected chi connectivity index (χ3v) is 6.02. The third-order valence-electron chi connectivity index (χ3n) is 6.02. The minimum Gasteiger partial charge on any atom is -0.507 e. The van der Waals surface area contributed by atoms with E-state index in [1.54, 1.807) is 61.7 Å². The molecule has 1 aliphatic rings. The van der Waals surface area contributed by atoms with Crippen molar-refractivity contribution in [1.29, 1.82) is 0 Å². The summed E-state index contributed by atoms with van der Waals surface area (Å²) in [5.74, 6) is 0.0514. The van der Waals surface area contributed by atoms with Gasteiger partial charge < -0.3 is 19.3 Å². The molecule has 7 heteroatoms. The normalized spacial score (nSPS) is 16.8. The molecule has 1 saturated heterocycles. The number of carbonyl (C=O) groups excluding carboxylic acids is 2. The summed E-state index contributed by atoms with van der Waals surface area (Å²) >= 11 is 0. The fourth-order valence-electron chi connectivity index (χ4n) is 4.42. The van der Waals surface area contributed by atoms with E-state index in [2.05, 4.69) is 0 Å². The van der Waals surface area contributed by atoms with Gasteiger partial charge in [-0.3, -0.25) is 14.5 Å². The Bertz CT molecular complexity index is 1330. The number of rotatable bonds is 8. The number of aliphatic hydroxyl groups is 1. The van der Waals surface area contributed by atoms with Gasteiger partial charge in [-0.15, -0.1) is 0 Å². The van der Waals surface area contributed by atoms with Crippen molar-refractivity contribution in [2.24, 2.45) is 0 Å². The predicted molar refractivity (Wildman–Crippen MR) is 138 cm³/mol. The van der Waals surface area contributed by atoms with Crippen LogP contribution in [0.2, 0.25) is 0 Å². The van der Waals surface area contributed by atoms with Crippen LogP contribution >= 0.6 is 0 Å². The zero-order valence-corrected chi connectivity index (χ0v) is 20.8. The van der Waals surface area contributed by atoms with E-state index < -0.39 is 17.7 Å². The van der Waals surface area contributed by atoms with Crippen LogP contribution in [0.3, 0.4) is 0 Å². The maximum atomic E-state index is 13.4. The number of anilines is 1. The monoisotopic (exact) mass is 487 g/mol. The Balaban J connectivity index is 1.94. The molecule has 1 atom stereocenters. The number of amides is 1. The van der Waals surface area contributed by atoms with Gasteiger partial charge in [0.15, 0.2) is 0 Å². The molecular weight excluding hydrogens is 458 g/mol. The number of hydrogen-bond donors (Lipinski definition) is 1. The van der Waals surface area contributed by atoms with E-state index in [4.69, 9.17) is 14.2 Å². The second-order valence-electron chi connectivity index (χ2n) is 8.29. The summed E-state index contributed by atoms with van der Waals surface area (Å²) in [6.07, 6.45) is 0. The highest BCUT2D eigenvalue weighted by molar-refractivity contribution is 6.51. The maximum Gasteiger partial charge on any atom is 0.300 e. The van der Waals surface area contributed by atoms with Crippen LogP contribution < -0.4 is 19.1 Å². The van der Waals surface area contributed by atoms with Crippen LogP contribution in [0.15, 0.2) is 72.3 Å². The molecule has 36 heavy (non-hydrogen) atoms. The van der Waals surface area contributed by atoms with Gasteiger partial charge in [0.2, 0.25) is 0 Å². The summed E-state index contributed by atoms with van der Waals surface area (Å²) in [5.41, 5.74) is 2.28. The molecule has 0 radical (unpaired) electrons. The van der Waals surface area contributed by atoms with Crippen LogP contribution in [0, 0.1) is 6.92 Å². The van der Waals surface area contributed by atoms with Gasteiger partial charge in [-0.25, -0.2) is 0 Å². The summed E-state index contributed by atoms with van der Waals surface area (Å²) in [4.78, 5) is 28.3. The SMILES string of the molecule is CCOc1cccc(C2/C(=C(\O)c3ccc(OC)cc3C)C(=O)C(=O)N2c2cccc(OCC)c2)c1. The number of hydrogen-bond acceptors (Lipinski definition) is 6. The largest absolute Gasteiger partial charge is 0.507 e. The number of aliphatic hydroxyl groups excluding tert-OH is 1. The number of carbonyl (C=O) groups is 2. The summed E-state index contributed by atoms with van der Waals surface area (Å²) in [7, 11) is 1.56. The number of benzene rings is 3. The molecule has 1 heterocycles. The van der Waals surface area contributed by atoms with Crippen molar-refractivity contribution in [1.82, 2.24) is 0 Å². The van der Waals surface area contributed by atoms with Crippen LogP contribution in [-0.2, 0) is 9.59 Å². The zero-order chi connectivity index (χ0) is 25.8. The summed E-state index contributed by atoms with van der Waals surface area (Å²) in [5, 5.41) is 11.4. The fraction of sp³-hybridized carbons (Fsp3) is 0.241. The topological polar surface area (TPSA) is 85.3 Å². The minimum atomic E-state index is -0.871. The molecule has 0 bridgehead atoms. The van der Waals surface area contributed by atoms with Crippen LogP contribution in [0.4, 0.5) is 5.69 Å². The maximum absolute atomic E-state index is 13.4. The van der Waals surface area contributed by atoms with Crippen LogP contribution in [0.5, 0.6) is 17.2 Å². The summed E-state index contributed by atoms with van der Waals surface area (Å²) < 4.78 is 16.6. The Morgan fingerprint density at radius 2 is 1.56 bits per heavy atom. The highest BCUT2D eigenvalue weighted by atomic mass is 16.5. The average molecular weight is 488 g/mol. The Morgan fingerprint density at radius 1 is 0.889 bits per heavy atom. The molecule has 3 aromatic rings. The van der Waals surface area contributed by atoms with E-state index >= 15 is 0 Å². The quantitative estimate of drug-likeness (QED) is 0.259. The van der Waals surface area contributed by atoms with Gasteiger partial charge in [0.25, 0.3) is 11.7 Å². The summed E-state index contributed by atoms with van der Waals surface area (Å²) in [6.45, 7) is 6.48. The molecule has 1 amide bonds. The van der Waals surface area contributed by atoms with Crippen molar-refractivity contribution < 1.29 is 28.9 Å². The highest BCUT2D eigenvalue weighted by Gasteiger charge is 2.47. The average Bonchev–Trinajstić information content (AvgIpc) is 3.14. The molecule has 0 spiro atoms. The van der Waals surface area contributed by atoms with Crippen molar-refractivity contribution in [3.8, 4) is 17.2 Å². The Labute approximate surface area is 210 Å². The first-order valence-electron chi connectivity index (χ1n) is 11.8. The molecule has 4 rings (SSSR count). The molecule has 1 unspecified atom stereocenters. The lowest BCUT2D eigenvalue weighted by Gasteiger charge is -2.26. The van der Waals surface area contributed by atoms with E-state index in [0.29, 0.717) is 52.8 Å². The van der Waals surface area contributed by atoms with E-state index in [-0.39, 0.29) is 11.3 Å². The number of Topliss-reactive ketones (excluding diaryl/α,β-unsaturated/α-hetero) is 1. The van der Waals surface area contributed by atoms with Crippen LogP contribution in [0.1, 0.15) is 36.6 Å². The van der Waals surface area contributed by atoms with Crippen LogP contribution in [-0.4, -0.2) is 37.1 Å². The molecule has 7 nitrogen and oxygen atoms in total. The number of ketones is 1. The first-order valence-corrected chi connectivity index (χ1v) is 11.8. The molecule has 0 aliphatic carbocycles.